The molecule has 1 saturated heterocycles. The summed E-state index contributed by atoms with van der Waals surface area (Å²) in [5, 5.41) is 8.87. The summed E-state index contributed by atoms with van der Waals surface area (Å²) in [7, 11) is 0. The summed E-state index contributed by atoms with van der Waals surface area (Å²) in [6.45, 7) is 6.55. The average Bonchev–Trinajstić information content (AvgIpc) is 2.41. The van der Waals surface area contributed by atoms with E-state index in [1.807, 2.05) is 6.07 Å². The molecule has 102 valence electrons. The zero-order valence-electron chi connectivity index (χ0n) is 11.4. The van der Waals surface area contributed by atoms with Crippen LogP contribution in [-0.2, 0) is 11.3 Å². The van der Waals surface area contributed by atoms with Gasteiger partial charge in [-0.3, -0.25) is 4.90 Å². The van der Waals surface area contributed by atoms with Gasteiger partial charge >= 0.3 is 0 Å². The Balaban J connectivity index is 2.13. The first-order chi connectivity index (χ1) is 9.13. The monoisotopic (exact) mass is 262 g/mol. The third-order valence-corrected chi connectivity index (χ3v) is 3.59. The highest BCUT2D eigenvalue weighted by Crippen LogP contribution is 2.19. The SMILES string of the molecule is CCC1COC(C)CN1Cc1ccc(F)c(C#N)c1. The van der Waals surface area contributed by atoms with Gasteiger partial charge in [-0.1, -0.05) is 13.0 Å². The van der Waals surface area contributed by atoms with Gasteiger partial charge in [0.15, 0.2) is 0 Å². The van der Waals surface area contributed by atoms with Crippen LogP contribution >= 0.6 is 0 Å². The molecule has 2 atom stereocenters. The first-order valence-corrected chi connectivity index (χ1v) is 6.68. The van der Waals surface area contributed by atoms with Crippen LogP contribution in [-0.4, -0.2) is 30.2 Å². The number of hydrogen-bond acceptors (Lipinski definition) is 3. The molecule has 2 unspecified atom stereocenters. The molecule has 4 heteroatoms. The lowest BCUT2D eigenvalue weighted by Crippen LogP contribution is -2.47. The molecule has 1 aromatic rings. The van der Waals surface area contributed by atoms with E-state index in [1.54, 1.807) is 12.1 Å². The molecule has 0 spiro atoms. The van der Waals surface area contributed by atoms with Crippen molar-refractivity contribution in [3.63, 3.8) is 0 Å². The van der Waals surface area contributed by atoms with Crippen LogP contribution in [0.3, 0.4) is 0 Å². The van der Waals surface area contributed by atoms with Crippen LogP contribution < -0.4 is 0 Å². The van der Waals surface area contributed by atoms with Crippen LogP contribution in [0.4, 0.5) is 4.39 Å². The Hall–Kier alpha value is -1.44. The molecule has 0 aliphatic carbocycles. The van der Waals surface area contributed by atoms with Crippen molar-refractivity contribution in [1.82, 2.24) is 4.90 Å². The molecule has 1 aliphatic rings. The summed E-state index contributed by atoms with van der Waals surface area (Å²) >= 11 is 0. The summed E-state index contributed by atoms with van der Waals surface area (Å²) in [5.41, 5.74) is 1.09. The van der Waals surface area contributed by atoms with E-state index in [2.05, 4.69) is 18.7 Å². The lowest BCUT2D eigenvalue weighted by molar-refractivity contribution is -0.0592. The van der Waals surface area contributed by atoms with Crippen LogP contribution in [0.25, 0.3) is 0 Å². The zero-order chi connectivity index (χ0) is 13.8. The number of nitriles is 1. The number of nitrogens with zero attached hydrogens (tertiary/aromatic N) is 2. The number of rotatable bonds is 3. The number of hydrogen-bond donors (Lipinski definition) is 0. The second-order valence-corrected chi connectivity index (χ2v) is 5.06. The molecule has 0 N–H and O–H groups in total. The van der Waals surface area contributed by atoms with Gasteiger partial charge in [0.2, 0.25) is 0 Å². The summed E-state index contributed by atoms with van der Waals surface area (Å²) in [5.74, 6) is -0.450. The highest BCUT2D eigenvalue weighted by atomic mass is 19.1. The van der Waals surface area contributed by atoms with E-state index in [9.17, 15) is 4.39 Å². The van der Waals surface area contributed by atoms with Gasteiger partial charge in [0, 0.05) is 19.1 Å². The normalized spacial score (nSPS) is 24.1. The summed E-state index contributed by atoms with van der Waals surface area (Å²) < 4.78 is 19.0. The standard InChI is InChI=1S/C15H19FN2O/c1-3-14-10-19-11(2)8-18(14)9-12-4-5-15(16)13(6-12)7-17/h4-6,11,14H,3,8-10H2,1-2H3. The van der Waals surface area contributed by atoms with Crippen LogP contribution in [0, 0.1) is 17.1 Å². The van der Waals surface area contributed by atoms with Gasteiger partial charge in [-0.25, -0.2) is 4.39 Å². The van der Waals surface area contributed by atoms with E-state index in [1.165, 1.54) is 6.07 Å². The number of ether oxygens (including phenoxy) is 1. The fourth-order valence-electron chi connectivity index (χ4n) is 2.47. The number of morpholine rings is 1. The van der Waals surface area contributed by atoms with Crippen molar-refractivity contribution in [2.75, 3.05) is 13.2 Å². The molecule has 19 heavy (non-hydrogen) atoms. The van der Waals surface area contributed by atoms with Crippen LogP contribution in [0.15, 0.2) is 18.2 Å². The fraction of sp³-hybridized carbons (Fsp3) is 0.533. The number of benzene rings is 1. The third-order valence-electron chi connectivity index (χ3n) is 3.59. The van der Waals surface area contributed by atoms with Crippen molar-refractivity contribution in [1.29, 1.82) is 5.26 Å². The average molecular weight is 262 g/mol. The van der Waals surface area contributed by atoms with Crippen molar-refractivity contribution >= 4 is 0 Å². The van der Waals surface area contributed by atoms with Gasteiger partial charge in [-0.2, -0.15) is 5.26 Å². The van der Waals surface area contributed by atoms with Crippen molar-refractivity contribution < 1.29 is 9.13 Å². The highest BCUT2D eigenvalue weighted by molar-refractivity contribution is 5.34. The molecule has 1 fully saturated rings. The predicted molar refractivity (Wildman–Crippen MR) is 71.0 cm³/mol. The topological polar surface area (TPSA) is 36.3 Å². The molecule has 0 radical (unpaired) electrons. The molecule has 0 bridgehead atoms. The van der Waals surface area contributed by atoms with Gasteiger partial charge in [0.05, 0.1) is 18.3 Å². The second kappa shape index (κ2) is 6.14. The largest absolute Gasteiger partial charge is 0.376 e. The molecular weight excluding hydrogens is 243 g/mol. The highest BCUT2D eigenvalue weighted by Gasteiger charge is 2.25. The summed E-state index contributed by atoms with van der Waals surface area (Å²) in [6, 6.07) is 7.05. The molecule has 1 heterocycles. The van der Waals surface area contributed by atoms with E-state index >= 15 is 0 Å². The van der Waals surface area contributed by atoms with Gasteiger partial charge in [-0.05, 0) is 31.0 Å². The molecule has 0 aromatic heterocycles. The smallest absolute Gasteiger partial charge is 0.140 e. The number of halogens is 1. The van der Waals surface area contributed by atoms with Crippen LogP contribution in [0.5, 0.6) is 0 Å². The zero-order valence-corrected chi connectivity index (χ0v) is 11.4. The summed E-state index contributed by atoms with van der Waals surface area (Å²) in [4.78, 5) is 2.35. The molecule has 2 rings (SSSR count). The molecule has 3 nitrogen and oxygen atoms in total. The maximum atomic E-state index is 13.3. The van der Waals surface area contributed by atoms with Gasteiger partial charge in [-0.15, -0.1) is 0 Å². The van der Waals surface area contributed by atoms with Gasteiger partial charge < -0.3 is 4.74 Å². The summed E-state index contributed by atoms with van der Waals surface area (Å²) in [6.07, 6.45) is 1.25. The van der Waals surface area contributed by atoms with Crippen LogP contribution in [0.2, 0.25) is 0 Å². The Morgan fingerprint density at radius 3 is 3.00 bits per heavy atom. The van der Waals surface area contributed by atoms with Gasteiger partial charge in [0.25, 0.3) is 0 Å². The first-order valence-electron chi connectivity index (χ1n) is 6.68. The van der Waals surface area contributed by atoms with E-state index in [4.69, 9.17) is 10.00 Å². The van der Waals surface area contributed by atoms with Crippen molar-refractivity contribution in [3.05, 3.63) is 35.1 Å². The maximum absolute atomic E-state index is 13.3. The van der Waals surface area contributed by atoms with Crippen molar-refractivity contribution in [3.8, 4) is 6.07 Å². The Bertz CT molecular complexity index is 484. The van der Waals surface area contributed by atoms with Gasteiger partial charge in [0.1, 0.15) is 11.9 Å². The maximum Gasteiger partial charge on any atom is 0.140 e. The van der Waals surface area contributed by atoms with E-state index in [-0.39, 0.29) is 11.7 Å². The second-order valence-electron chi connectivity index (χ2n) is 5.06. The third kappa shape index (κ3) is 3.31. The molecule has 0 amide bonds. The van der Waals surface area contributed by atoms with E-state index < -0.39 is 5.82 Å². The molecule has 1 aromatic carbocycles. The Morgan fingerprint density at radius 2 is 2.32 bits per heavy atom. The fourth-order valence-corrected chi connectivity index (χ4v) is 2.47. The lowest BCUT2D eigenvalue weighted by atomic mass is 10.1. The first kappa shape index (κ1) is 14.0. The predicted octanol–water partition coefficient (Wildman–Crippen LogP) is 2.70. The minimum Gasteiger partial charge on any atom is -0.376 e. The molecule has 1 aliphatic heterocycles. The molecular formula is C15H19FN2O. The van der Waals surface area contributed by atoms with Crippen molar-refractivity contribution in [2.24, 2.45) is 0 Å². The van der Waals surface area contributed by atoms with E-state index in [0.717, 1.165) is 31.7 Å². The van der Waals surface area contributed by atoms with Crippen molar-refractivity contribution in [2.45, 2.75) is 39.0 Å². The minimum atomic E-state index is -0.450. The van der Waals surface area contributed by atoms with E-state index in [0.29, 0.717) is 6.04 Å². The minimum absolute atomic E-state index is 0.117. The quantitative estimate of drug-likeness (QED) is 0.840. The lowest BCUT2D eigenvalue weighted by Gasteiger charge is -2.38. The Kier molecular flexibility index (Phi) is 4.52. The Labute approximate surface area is 113 Å². The Morgan fingerprint density at radius 1 is 1.53 bits per heavy atom. The van der Waals surface area contributed by atoms with Crippen LogP contribution in [0.1, 0.15) is 31.4 Å². The molecule has 0 saturated carbocycles.